The van der Waals surface area contributed by atoms with Crippen LogP contribution >= 0.6 is 23.2 Å². The largest absolute Gasteiger partial charge is 0.308 e. The van der Waals surface area contributed by atoms with E-state index >= 15 is 0 Å². The fourth-order valence-corrected chi connectivity index (χ4v) is 1.93. The van der Waals surface area contributed by atoms with Crippen LogP contribution in [0.15, 0.2) is 18.7 Å². The number of aromatic nitrogens is 3. The Balaban J connectivity index is 2.77. The highest BCUT2D eigenvalue weighted by Gasteiger charge is 2.26. The van der Waals surface area contributed by atoms with Crippen molar-refractivity contribution in [2.24, 2.45) is 0 Å². The van der Waals surface area contributed by atoms with Crippen LogP contribution in [0.4, 0.5) is 10.1 Å². The maximum absolute atomic E-state index is 13.6. The third-order valence-electron chi connectivity index (χ3n) is 1.95. The molecule has 88 valence electrons. The Morgan fingerprint density at radius 2 is 2.18 bits per heavy atom. The lowest BCUT2D eigenvalue weighted by Gasteiger charge is -2.06. The molecule has 0 radical (unpaired) electrons. The minimum Gasteiger partial charge on any atom is -0.258 e. The van der Waals surface area contributed by atoms with E-state index in [9.17, 15) is 14.5 Å². The average molecular weight is 277 g/mol. The summed E-state index contributed by atoms with van der Waals surface area (Å²) in [5.41, 5.74) is -0.833. The van der Waals surface area contributed by atoms with E-state index in [1.54, 1.807) is 0 Å². The molecule has 0 aliphatic rings. The first-order valence-electron chi connectivity index (χ1n) is 4.19. The van der Waals surface area contributed by atoms with E-state index in [2.05, 4.69) is 10.1 Å². The Morgan fingerprint density at radius 3 is 2.71 bits per heavy atom. The highest BCUT2D eigenvalue weighted by molar-refractivity contribution is 6.39. The highest BCUT2D eigenvalue weighted by Crippen LogP contribution is 2.38. The van der Waals surface area contributed by atoms with E-state index in [1.807, 2.05) is 0 Å². The van der Waals surface area contributed by atoms with Gasteiger partial charge in [0, 0.05) is 6.07 Å². The van der Waals surface area contributed by atoms with Gasteiger partial charge in [-0.3, -0.25) is 10.1 Å². The minimum absolute atomic E-state index is 0.264. The van der Waals surface area contributed by atoms with E-state index < -0.39 is 21.5 Å². The second-order valence-electron chi connectivity index (χ2n) is 2.95. The van der Waals surface area contributed by atoms with Crippen molar-refractivity contribution >= 4 is 28.9 Å². The smallest absolute Gasteiger partial charge is 0.258 e. The van der Waals surface area contributed by atoms with Crippen molar-refractivity contribution in [2.75, 3.05) is 0 Å². The number of nitro groups is 1. The van der Waals surface area contributed by atoms with Gasteiger partial charge in [0.15, 0.2) is 5.82 Å². The van der Waals surface area contributed by atoms with Gasteiger partial charge in [0.05, 0.1) is 4.92 Å². The molecule has 1 aromatic heterocycles. The lowest BCUT2D eigenvalue weighted by molar-refractivity contribution is -0.384. The van der Waals surface area contributed by atoms with Gasteiger partial charge in [0.2, 0.25) is 0 Å². The molecule has 1 heterocycles. The third-order valence-corrected chi connectivity index (χ3v) is 2.60. The number of hydrogen-bond acceptors (Lipinski definition) is 4. The molecule has 2 aromatic rings. The summed E-state index contributed by atoms with van der Waals surface area (Å²) in [5, 5.41) is 13.6. The zero-order chi connectivity index (χ0) is 12.6. The second kappa shape index (κ2) is 4.27. The molecule has 0 N–H and O–H groups in total. The Labute approximate surface area is 104 Å². The standard InChI is InChI=1S/C8H3Cl2FN4O2/c9-4-1-5(11)8(14-3-12-2-13-14)6(10)7(4)15(16)17/h1-3H. The normalized spacial score (nSPS) is 10.5. The van der Waals surface area contributed by atoms with Crippen LogP contribution in [0.2, 0.25) is 10.0 Å². The number of nitro benzene ring substituents is 1. The van der Waals surface area contributed by atoms with Gasteiger partial charge in [0.25, 0.3) is 0 Å². The molecule has 9 heteroatoms. The predicted molar refractivity (Wildman–Crippen MR) is 58.0 cm³/mol. The van der Waals surface area contributed by atoms with E-state index in [1.165, 1.54) is 6.33 Å². The van der Waals surface area contributed by atoms with Crippen LogP contribution in [0.5, 0.6) is 0 Å². The van der Waals surface area contributed by atoms with Gasteiger partial charge in [-0.2, -0.15) is 5.10 Å². The molecule has 0 fully saturated rings. The van der Waals surface area contributed by atoms with Gasteiger partial charge in [-0.1, -0.05) is 23.2 Å². The molecule has 0 saturated carbocycles. The van der Waals surface area contributed by atoms with Crippen LogP contribution in [-0.2, 0) is 0 Å². The topological polar surface area (TPSA) is 73.8 Å². The van der Waals surface area contributed by atoms with E-state index in [0.29, 0.717) is 0 Å². The molecule has 0 bridgehead atoms. The molecule has 0 atom stereocenters. The van der Waals surface area contributed by atoms with Crippen LogP contribution in [0.25, 0.3) is 5.69 Å². The van der Waals surface area contributed by atoms with Gasteiger partial charge in [-0.15, -0.1) is 0 Å². The fraction of sp³-hybridized carbons (Fsp3) is 0. The van der Waals surface area contributed by atoms with Crippen molar-refractivity contribution < 1.29 is 9.31 Å². The zero-order valence-electron chi connectivity index (χ0n) is 7.97. The van der Waals surface area contributed by atoms with Crippen LogP contribution < -0.4 is 0 Å². The summed E-state index contributed by atoms with van der Waals surface area (Å²) in [5.74, 6) is -0.823. The summed E-state index contributed by atoms with van der Waals surface area (Å²) in [4.78, 5) is 13.6. The van der Waals surface area contributed by atoms with Gasteiger partial charge < -0.3 is 0 Å². The first-order valence-corrected chi connectivity index (χ1v) is 4.95. The highest BCUT2D eigenvalue weighted by atomic mass is 35.5. The van der Waals surface area contributed by atoms with Crippen molar-refractivity contribution in [1.82, 2.24) is 14.8 Å². The first kappa shape index (κ1) is 11.7. The van der Waals surface area contributed by atoms with Gasteiger partial charge in [0.1, 0.15) is 28.4 Å². The van der Waals surface area contributed by atoms with Crippen LogP contribution in [0.3, 0.4) is 0 Å². The fourth-order valence-electron chi connectivity index (χ4n) is 1.27. The Kier molecular flexibility index (Phi) is 2.95. The number of hydrogen-bond donors (Lipinski definition) is 0. The summed E-state index contributed by atoms with van der Waals surface area (Å²) < 4.78 is 14.6. The van der Waals surface area contributed by atoms with Gasteiger partial charge in [-0.05, 0) is 0 Å². The average Bonchev–Trinajstić information content (AvgIpc) is 2.69. The summed E-state index contributed by atoms with van der Waals surface area (Å²) in [6.45, 7) is 0. The molecule has 0 unspecified atom stereocenters. The molecule has 6 nitrogen and oxygen atoms in total. The molecule has 0 spiro atoms. The van der Waals surface area contributed by atoms with Crippen LogP contribution in [0, 0.1) is 15.9 Å². The quantitative estimate of drug-likeness (QED) is 0.624. The summed E-state index contributed by atoms with van der Waals surface area (Å²) in [6, 6.07) is 0.808. The Hall–Kier alpha value is -1.73. The number of benzene rings is 1. The third kappa shape index (κ3) is 1.94. The van der Waals surface area contributed by atoms with Crippen molar-refractivity contribution in [3.05, 3.63) is 44.7 Å². The number of nitrogens with zero attached hydrogens (tertiary/aromatic N) is 4. The molecule has 17 heavy (non-hydrogen) atoms. The Bertz CT molecular complexity index is 588. The number of rotatable bonds is 2. The SMILES string of the molecule is O=[N+]([O-])c1c(Cl)cc(F)c(-n2cncn2)c1Cl. The second-order valence-corrected chi connectivity index (χ2v) is 3.73. The maximum atomic E-state index is 13.6. The minimum atomic E-state index is -0.823. The van der Waals surface area contributed by atoms with Crippen LogP contribution in [-0.4, -0.2) is 19.7 Å². The Morgan fingerprint density at radius 1 is 1.47 bits per heavy atom. The number of halogens is 3. The monoisotopic (exact) mass is 276 g/mol. The van der Waals surface area contributed by atoms with Crippen molar-refractivity contribution in [1.29, 1.82) is 0 Å². The van der Waals surface area contributed by atoms with E-state index in [-0.39, 0.29) is 10.7 Å². The van der Waals surface area contributed by atoms with Crippen LogP contribution in [0.1, 0.15) is 0 Å². The van der Waals surface area contributed by atoms with Crippen molar-refractivity contribution in [3.8, 4) is 5.69 Å². The van der Waals surface area contributed by atoms with Crippen molar-refractivity contribution in [2.45, 2.75) is 0 Å². The molecule has 0 saturated heterocycles. The summed E-state index contributed by atoms with van der Waals surface area (Å²) in [6.07, 6.45) is 2.32. The van der Waals surface area contributed by atoms with E-state index in [0.717, 1.165) is 17.1 Å². The molecule has 2 rings (SSSR count). The van der Waals surface area contributed by atoms with E-state index in [4.69, 9.17) is 23.2 Å². The van der Waals surface area contributed by atoms with Crippen molar-refractivity contribution in [3.63, 3.8) is 0 Å². The molecule has 0 aliphatic heterocycles. The molecular weight excluding hydrogens is 274 g/mol. The van der Waals surface area contributed by atoms with Gasteiger partial charge >= 0.3 is 5.69 Å². The zero-order valence-corrected chi connectivity index (χ0v) is 9.48. The molecular formula is C8H3Cl2FN4O2. The molecule has 1 aromatic carbocycles. The summed E-state index contributed by atoms with van der Waals surface area (Å²) >= 11 is 11.3. The lowest BCUT2D eigenvalue weighted by Crippen LogP contribution is -2.02. The molecule has 0 amide bonds. The maximum Gasteiger partial charge on any atom is 0.308 e. The van der Waals surface area contributed by atoms with Gasteiger partial charge in [-0.25, -0.2) is 14.1 Å². The predicted octanol–water partition coefficient (Wildman–Crippen LogP) is 2.62. The first-order chi connectivity index (χ1) is 8.02. The molecule has 0 aliphatic carbocycles. The lowest BCUT2D eigenvalue weighted by atomic mass is 10.2. The summed E-state index contributed by atoms with van der Waals surface area (Å²) in [7, 11) is 0.